The van der Waals surface area contributed by atoms with E-state index in [1.807, 2.05) is 0 Å². The first-order chi connectivity index (χ1) is 11.7. The Labute approximate surface area is 138 Å². The van der Waals surface area contributed by atoms with Gasteiger partial charge in [0.15, 0.2) is 0 Å². The number of tetrazole rings is 1. The molecule has 0 radical (unpaired) electrons. The Balaban J connectivity index is 1.45. The standard InChI is InChI=1S/C15H18N6O3/c22-14(8-7-13-2-1-9-24-13)17-18-15(23)11-3-5-12(6-4-11)21-10-16-19-20-21/h3-6,10,13H,1-2,7-9H2,(H,17,22)(H,18,23). The summed E-state index contributed by atoms with van der Waals surface area (Å²) in [4.78, 5) is 23.7. The number of carbonyl (C=O) groups excluding carboxylic acids is 2. The van der Waals surface area contributed by atoms with Crippen molar-refractivity contribution >= 4 is 11.8 Å². The van der Waals surface area contributed by atoms with Crippen LogP contribution in [0, 0.1) is 0 Å². The fourth-order valence-corrected chi connectivity index (χ4v) is 2.47. The smallest absolute Gasteiger partial charge is 0.269 e. The summed E-state index contributed by atoms with van der Waals surface area (Å²) in [6.45, 7) is 0.768. The molecule has 0 bridgehead atoms. The van der Waals surface area contributed by atoms with Crippen molar-refractivity contribution in [1.29, 1.82) is 0 Å². The summed E-state index contributed by atoms with van der Waals surface area (Å²) in [7, 11) is 0. The van der Waals surface area contributed by atoms with Crippen LogP contribution < -0.4 is 10.9 Å². The number of aromatic nitrogens is 4. The van der Waals surface area contributed by atoms with Crippen LogP contribution in [0.5, 0.6) is 0 Å². The number of nitrogens with zero attached hydrogens (tertiary/aromatic N) is 4. The molecule has 1 aromatic carbocycles. The maximum Gasteiger partial charge on any atom is 0.269 e. The molecule has 1 unspecified atom stereocenters. The monoisotopic (exact) mass is 330 g/mol. The molecule has 3 rings (SSSR count). The first kappa shape index (κ1) is 16.1. The molecule has 2 amide bonds. The minimum Gasteiger partial charge on any atom is -0.378 e. The molecule has 2 N–H and O–H groups in total. The lowest BCUT2D eigenvalue weighted by atomic mass is 10.1. The number of carbonyl (C=O) groups is 2. The lowest BCUT2D eigenvalue weighted by molar-refractivity contribution is -0.122. The molecule has 9 nitrogen and oxygen atoms in total. The van der Waals surface area contributed by atoms with Crippen molar-refractivity contribution in [2.24, 2.45) is 0 Å². The molecule has 2 heterocycles. The third-order valence-electron chi connectivity index (χ3n) is 3.78. The average molecular weight is 330 g/mol. The van der Waals surface area contributed by atoms with Crippen LogP contribution in [0.2, 0.25) is 0 Å². The van der Waals surface area contributed by atoms with Gasteiger partial charge in [0.1, 0.15) is 6.33 Å². The second-order valence-corrected chi connectivity index (χ2v) is 5.48. The Kier molecular flexibility index (Phi) is 5.12. The van der Waals surface area contributed by atoms with Gasteiger partial charge in [0.2, 0.25) is 5.91 Å². The molecule has 2 aromatic rings. The molecular formula is C15H18N6O3. The number of amides is 2. The fraction of sp³-hybridized carbons (Fsp3) is 0.400. The van der Waals surface area contributed by atoms with Gasteiger partial charge in [-0.2, -0.15) is 0 Å². The Hall–Kier alpha value is -2.81. The zero-order valence-electron chi connectivity index (χ0n) is 13.0. The molecular weight excluding hydrogens is 312 g/mol. The number of hydrogen-bond donors (Lipinski definition) is 2. The van der Waals surface area contributed by atoms with Crippen LogP contribution in [-0.2, 0) is 9.53 Å². The summed E-state index contributed by atoms with van der Waals surface area (Å²) in [5.41, 5.74) is 5.97. The predicted octanol–water partition coefficient (Wildman–Crippen LogP) is 0.382. The van der Waals surface area contributed by atoms with E-state index in [0.717, 1.165) is 25.1 Å². The highest BCUT2D eigenvalue weighted by molar-refractivity contribution is 5.95. The molecule has 0 aliphatic carbocycles. The van der Waals surface area contributed by atoms with Gasteiger partial charge in [-0.3, -0.25) is 20.4 Å². The zero-order valence-corrected chi connectivity index (χ0v) is 13.0. The molecule has 126 valence electrons. The molecule has 1 saturated heterocycles. The van der Waals surface area contributed by atoms with Crippen LogP contribution in [0.4, 0.5) is 0 Å². The number of hydrazine groups is 1. The van der Waals surface area contributed by atoms with Crippen molar-refractivity contribution in [3.63, 3.8) is 0 Å². The van der Waals surface area contributed by atoms with Crippen LogP contribution in [0.15, 0.2) is 30.6 Å². The normalized spacial score (nSPS) is 16.8. The molecule has 0 saturated carbocycles. The van der Waals surface area contributed by atoms with Gasteiger partial charge in [-0.15, -0.1) is 5.10 Å². The van der Waals surface area contributed by atoms with Crippen molar-refractivity contribution < 1.29 is 14.3 Å². The van der Waals surface area contributed by atoms with Gasteiger partial charge in [0.05, 0.1) is 11.8 Å². The van der Waals surface area contributed by atoms with Gasteiger partial charge < -0.3 is 4.74 Å². The van der Waals surface area contributed by atoms with E-state index >= 15 is 0 Å². The van der Waals surface area contributed by atoms with E-state index in [2.05, 4.69) is 26.4 Å². The van der Waals surface area contributed by atoms with Gasteiger partial charge in [0, 0.05) is 18.6 Å². The Morgan fingerprint density at radius 3 is 2.75 bits per heavy atom. The maximum atomic E-state index is 12.0. The highest BCUT2D eigenvalue weighted by Gasteiger charge is 2.17. The van der Waals surface area contributed by atoms with Gasteiger partial charge in [0.25, 0.3) is 5.91 Å². The molecule has 1 fully saturated rings. The predicted molar refractivity (Wildman–Crippen MR) is 83.0 cm³/mol. The van der Waals surface area contributed by atoms with Crippen molar-refractivity contribution in [3.05, 3.63) is 36.2 Å². The highest BCUT2D eigenvalue weighted by atomic mass is 16.5. The maximum absolute atomic E-state index is 12.0. The van der Waals surface area contributed by atoms with Gasteiger partial charge in [-0.05, 0) is 54.0 Å². The van der Waals surface area contributed by atoms with E-state index in [4.69, 9.17) is 4.74 Å². The first-order valence-corrected chi connectivity index (χ1v) is 7.76. The van der Waals surface area contributed by atoms with Crippen LogP contribution in [-0.4, -0.2) is 44.7 Å². The largest absolute Gasteiger partial charge is 0.378 e. The van der Waals surface area contributed by atoms with Crippen LogP contribution in [0.1, 0.15) is 36.0 Å². The second kappa shape index (κ2) is 7.64. The lowest BCUT2D eigenvalue weighted by Gasteiger charge is -2.10. The first-order valence-electron chi connectivity index (χ1n) is 7.76. The number of rotatable bonds is 5. The van der Waals surface area contributed by atoms with Crippen molar-refractivity contribution in [1.82, 2.24) is 31.1 Å². The SMILES string of the molecule is O=C(CCC1CCCO1)NNC(=O)c1ccc(-n2cnnn2)cc1. The van der Waals surface area contributed by atoms with Crippen molar-refractivity contribution in [2.45, 2.75) is 31.8 Å². The summed E-state index contributed by atoms with van der Waals surface area (Å²) in [5.74, 6) is -0.618. The molecule has 1 atom stereocenters. The molecule has 0 spiro atoms. The molecule has 1 aliphatic rings. The molecule has 24 heavy (non-hydrogen) atoms. The Morgan fingerprint density at radius 1 is 1.25 bits per heavy atom. The van der Waals surface area contributed by atoms with Gasteiger partial charge >= 0.3 is 0 Å². The average Bonchev–Trinajstić information content (AvgIpc) is 3.31. The number of nitrogens with one attached hydrogen (secondary N) is 2. The van der Waals surface area contributed by atoms with E-state index in [0.29, 0.717) is 18.4 Å². The minimum absolute atomic E-state index is 0.158. The number of benzene rings is 1. The Morgan fingerprint density at radius 2 is 2.08 bits per heavy atom. The van der Waals surface area contributed by atoms with Crippen LogP contribution in [0.3, 0.4) is 0 Å². The van der Waals surface area contributed by atoms with E-state index in [-0.39, 0.29) is 17.9 Å². The van der Waals surface area contributed by atoms with E-state index in [9.17, 15) is 9.59 Å². The summed E-state index contributed by atoms with van der Waals surface area (Å²) in [6, 6.07) is 6.69. The highest BCUT2D eigenvalue weighted by Crippen LogP contribution is 2.16. The van der Waals surface area contributed by atoms with E-state index in [1.165, 1.54) is 11.0 Å². The van der Waals surface area contributed by atoms with Gasteiger partial charge in [-0.25, -0.2) is 4.68 Å². The number of hydrogen-bond acceptors (Lipinski definition) is 6. The summed E-state index contributed by atoms with van der Waals surface area (Å²) in [5, 5.41) is 10.9. The summed E-state index contributed by atoms with van der Waals surface area (Å²) < 4.78 is 6.94. The van der Waals surface area contributed by atoms with Crippen molar-refractivity contribution in [2.75, 3.05) is 6.61 Å². The third kappa shape index (κ3) is 4.13. The lowest BCUT2D eigenvalue weighted by Crippen LogP contribution is -2.41. The fourth-order valence-electron chi connectivity index (χ4n) is 2.47. The minimum atomic E-state index is -0.385. The summed E-state index contributed by atoms with van der Waals surface area (Å²) in [6.07, 6.45) is 4.65. The number of ether oxygens (including phenoxy) is 1. The second-order valence-electron chi connectivity index (χ2n) is 5.48. The summed E-state index contributed by atoms with van der Waals surface area (Å²) >= 11 is 0. The molecule has 9 heteroatoms. The Bertz CT molecular complexity index is 680. The van der Waals surface area contributed by atoms with E-state index < -0.39 is 0 Å². The third-order valence-corrected chi connectivity index (χ3v) is 3.78. The van der Waals surface area contributed by atoms with Crippen LogP contribution in [0.25, 0.3) is 5.69 Å². The molecule has 1 aromatic heterocycles. The quantitative estimate of drug-likeness (QED) is 0.767. The van der Waals surface area contributed by atoms with E-state index in [1.54, 1.807) is 24.3 Å². The molecule has 1 aliphatic heterocycles. The van der Waals surface area contributed by atoms with Crippen LogP contribution >= 0.6 is 0 Å². The van der Waals surface area contributed by atoms with Crippen molar-refractivity contribution in [3.8, 4) is 5.69 Å². The topological polar surface area (TPSA) is 111 Å². The zero-order chi connectivity index (χ0) is 16.8. The van der Waals surface area contributed by atoms with Gasteiger partial charge in [-0.1, -0.05) is 0 Å².